The number of hydrogen-bond donors (Lipinski definition) is 0. The van der Waals surface area contributed by atoms with Crippen molar-refractivity contribution < 1.29 is 33.5 Å². The summed E-state index contributed by atoms with van der Waals surface area (Å²) in [6.45, 7) is 5.32. The molecule has 0 spiro atoms. The minimum absolute atomic E-state index is 0.156. The van der Waals surface area contributed by atoms with Gasteiger partial charge in [0.05, 0.1) is 6.10 Å². The summed E-state index contributed by atoms with van der Waals surface area (Å²) in [6, 6.07) is 20.4. The van der Waals surface area contributed by atoms with Crippen molar-refractivity contribution in [3.63, 3.8) is 0 Å². The molecule has 6 atom stereocenters. The van der Waals surface area contributed by atoms with E-state index >= 15 is 0 Å². The maximum atomic E-state index is 12.8. The van der Waals surface area contributed by atoms with Crippen LogP contribution < -0.4 is 0 Å². The van der Waals surface area contributed by atoms with Crippen molar-refractivity contribution in [3.05, 3.63) is 71.8 Å². The van der Waals surface area contributed by atoms with E-state index in [2.05, 4.69) is 48.5 Å². The van der Waals surface area contributed by atoms with Gasteiger partial charge in [-0.25, -0.2) is 9.63 Å². The number of ether oxygens (including phenoxy) is 3. The zero-order valence-electron chi connectivity index (χ0n) is 21.4. The first kappa shape index (κ1) is 24.6. The van der Waals surface area contributed by atoms with Gasteiger partial charge >= 0.3 is 11.9 Å². The molecule has 2 aromatic carbocycles. The smallest absolute Gasteiger partial charge is 0.339 e. The van der Waals surface area contributed by atoms with E-state index in [4.69, 9.17) is 23.9 Å². The molecule has 8 nitrogen and oxygen atoms in total. The Balaban J connectivity index is 1.25. The van der Waals surface area contributed by atoms with Gasteiger partial charge in [-0.15, -0.1) is 0 Å². The largest absolute Gasteiger partial charge is 0.460 e. The average Bonchev–Trinajstić information content (AvgIpc) is 3.56. The molecular formula is C29H33NO7. The summed E-state index contributed by atoms with van der Waals surface area (Å²) >= 11 is 0. The molecule has 0 amide bonds. The molecule has 0 aromatic heterocycles. The third-order valence-electron chi connectivity index (χ3n) is 7.84. The molecule has 37 heavy (non-hydrogen) atoms. The van der Waals surface area contributed by atoms with E-state index in [9.17, 15) is 9.59 Å². The number of rotatable bonds is 5. The fourth-order valence-corrected chi connectivity index (χ4v) is 6.39. The van der Waals surface area contributed by atoms with E-state index in [-0.39, 0.29) is 11.5 Å². The summed E-state index contributed by atoms with van der Waals surface area (Å²) in [4.78, 5) is 37.6. The van der Waals surface area contributed by atoms with Crippen molar-refractivity contribution in [2.75, 3.05) is 0 Å². The summed E-state index contributed by atoms with van der Waals surface area (Å²) in [5.74, 6) is -1.87. The highest BCUT2D eigenvalue weighted by Gasteiger charge is 2.64. The molecule has 0 radical (unpaired) electrons. The number of nitrogens with zero attached hydrogens (tertiary/aromatic N) is 1. The van der Waals surface area contributed by atoms with E-state index in [0.717, 1.165) is 19.3 Å². The van der Waals surface area contributed by atoms with Gasteiger partial charge in [0, 0.05) is 11.8 Å². The monoisotopic (exact) mass is 507 g/mol. The number of benzene rings is 2. The number of esters is 2. The lowest BCUT2D eigenvalue weighted by Gasteiger charge is -2.41. The molecule has 3 saturated heterocycles. The van der Waals surface area contributed by atoms with Gasteiger partial charge in [-0.3, -0.25) is 9.63 Å². The SMILES string of the molecule is CC(C)(C)OC(=O)[C@@H]1ON2O[C@H](OC3CCCC3(c3ccccc3)c3ccccc3)C[C@H]3OC(=O)[C@@H]1[C@H]32. The van der Waals surface area contributed by atoms with Crippen LogP contribution in [-0.2, 0) is 38.9 Å². The van der Waals surface area contributed by atoms with Gasteiger partial charge in [-0.1, -0.05) is 65.9 Å². The Bertz CT molecular complexity index is 1110. The number of carbonyl (C=O) groups excluding carboxylic acids is 2. The van der Waals surface area contributed by atoms with Gasteiger partial charge in [0.15, 0.2) is 12.4 Å². The van der Waals surface area contributed by atoms with Gasteiger partial charge in [0.25, 0.3) is 0 Å². The normalized spacial score (nSPS) is 32.7. The van der Waals surface area contributed by atoms with E-state index in [1.807, 2.05) is 12.1 Å². The molecule has 6 rings (SSSR count). The summed E-state index contributed by atoms with van der Waals surface area (Å²) < 4.78 is 17.9. The van der Waals surface area contributed by atoms with Crippen LogP contribution in [0, 0.1) is 5.92 Å². The molecule has 4 aliphatic rings. The Kier molecular flexibility index (Phi) is 6.11. The predicted molar refractivity (Wildman–Crippen MR) is 132 cm³/mol. The highest BCUT2D eigenvalue weighted by Crippen LogP contribution is 2.50. The second-order valence-corrected chi connectivity index (χ2v) is 11.3. The maximum absolute atomic E-state index is 12.8. The lowest BCUT2D eigenvalue weighted by Crippen LogP contribution is -2.50. The van der Waals surface area contributed by atoms with Gasteiger partial charge in [0.1, 0.15) is 23.7 Å². The Morgan fingerprint density at radius 3 is 2.27 bits per heavy atom. The third-order valence-corrected chi connectivity index (χ3v) is 7.84. The van der Waals surface area contributed by atoms with Crippen LogP contribution in [0.15, 0.2) is 60.7 Å². The van der Waals surface area contributed by atoms with Crippen LogP contribution in [0.4, 0.5) is 0 Å². The molecule has 3 aliphatic heterocycles. The topological polar surface area (TPSA) is 83.5 Å². The molecule has 3 heterocycles. The number of hydroxylamine groups is 2. The van der Waals surface area contributed by atoms with E-state index in [1.54, 1.807) is 20.8 Å². The molecular weight excluding hydrogens is 474 g/mol. The first-order chi connectivity index (χ1) is 17.8. The van der Waals surface area contributed by atoms with E-state index < -0.39 is 48.0 Å². The molecule has 1 saturated carbocycles. The first-order valence-corrected chi connectivity index (χ1v) is 13.1. The quantitative estimate of drug-likeness (QED) is 0.560. The zero-order chi connectivity index (χ0) is 25.8. The number of carbonyl (C=O) groups is 2. The van der Waals surface area contributed by atoms with Crippen molar-refractivity contribution in [2.45, 2.75) is 88.1 Å². The maximum Gasteiger partial charge on any atom is 0.339 e. The molecule has 2 aromatic rings. The van der Waals surface area contributed by atoms with Crippen LogP contribution >= 0.6 is 0 Å². The summed E-state index contributed by atoms with van der Waals surface area (Å²) in [6.07, 6.45) is 0.725. The molecule has 196 valence electrons. The van der Waals surface area contributed by atoms with Crippen molar-refractivity contribution in [2.24, 2.45) is 5.92 Å². The van der Waals surface area contributed by atoms with Gasteiger partial charge in [0.2, 0.25) is 0 Å². The minimum atomic E-state index is -1.11. The standard InChI is InChI=1S/C29H33NO7/c1-28(2,3)35-27(32)25-23-24-20(33-26(23)31)17-22(36-30(24)37-25)34-21-15-10-16-29(21,18-11-6-4-7-12-18)19-13-8-5-9-14-19/h4-9,11-14,20-25H,10,15-17H2,1-3H3/t20-,21?,22+,23-,24+,25-/m1/s1. The minimum Gasteiger partial charge on any atom is -0.460 e. The molecule has 8 heteroatoms. The van der Waals surface area contributed by atoms with Crippen molar-refractivity contribution >= 4 is 11.9 Å². The van der Waals surface area contributed by atoms with Gasteiger partial charge in [-0.2, -0.15) is 0 Å². The molecule has 4 fully saturated rings. The molecule has 1 aliphatic carbocycles. The highest BCUT2D eigenvalue weighted by atomic mass is 17.0. The number of hydrogen-bond acceptors (Lipinski definition) is 8. The van der Waals surface area contributed by atoms with Crippen molar-refractivity contribution in [3.8, 4) is 0 Å². The summed E-state index contributed by atoms with van der Waals surface area (Å²) in [5.41, 5.74) is 1.36. The Labute approximate surface area is 216 Å². The van der Waals surface area contributed by atoms with Crippen LogP contribution in [0.2, 0.25) is 0 Å². The second-order valence-electron chi connectivity index (χ2n) is 11.3. The first-order valence-electron chi connectivity index (χ1n) is 13.1. The Morgan fingerprint density at radius 2 is 1.65 bits per heavy atom. The summed E-state index contributed by atoms with van der Waals surface area (Å²) in [5, 5.41) is 1.25. The highest BCUT2D eigenvalue weighted by molar-refractivity contribution is 5.86. The van der Waals surface area contributed by atoms with E-state index in [1.165, 1.54) is 16.4 Å². The fourth-order valence-electron chi connectivity index (χ4n) is 6.39. The molecule has 0 N–H and O–H groups in total. The van der Waals surface area contributed by atoms with Gasteiger partial charge in [-0.05, 0) is 51.2 Å². The predicted octanol–water partition coefficient (Wildman–Crippen LogP) is 4.07. The third kappa shape index (κ3) is 4.26. The lowest BCUT2D eigenvalue weighted by atomic mass is 9.71. The zero-order valence-corrected chi connectivity index (χ0v) is 21.4. The second kappa shape index (κ2) is 9.20. The van der Waals surface area contributed by atoms with Crippen molar-refractivity contribution in [1.82, 2.24) is 5.23 Å². The van der Waals surface area contributed by atoms with E-state index in [0.29, 0.717) is 6.42 Å². The van der Waals surface area contributed by atoms with Crippen LogP contribution in [0.25, 0.3) is 0 Å². The summed E-state index contributed by atoms with van der Waals surface area (Å²) in [7, 11) is 0. The van der Waals surface area contributed by atoms with Crippen LogP contribution in [0.3, 0.4) is 0 Å². The average molecular weight is 508 g/mol. The Hall–Kier alpha value is -2.78. The van der Waals surface area contributed by atoms with Crippen molar-refractivity contribution in [1.29, 1.82) is 0 Å². The van der Waals surface area contributed by atoms with Crippen LogP contribution in [0.5, 0.6) is 0 Å². The van der Waals surface area contributed by atoms with Gasteiger partial charge < -0.3 is 14.2 Å². The lowest BCUT2D eigenvalue weighted by molar-refractivity contribution is -0.446. The Morgan fingerprint density at radius 1 is 1.00 bits per heavy atom. The van der Waals surface area contributed by atoms with Crippen LogP contribution in [-0.4, -0.2) is 53.4 Å². The fraction of sp³-hybridized carbons (Fsp3) is 0.517. The van der Waals surface area contributed by atoms with Crippen LogP contribution in [0.1, 0.15) is 57.6 Å². The molecule has 0 bridgehead atoms. The molecule has 1 unspecified atom stereocenters.